The molecule has 134 valence electrons. The van der Waals surface area contributed by atoms with Crippen LogP contribution >= 0.6 is 0 Å². The van der Waals surface area contributed by atoms with Gasteiger partial charge < -0.3 is 9.64 Å². The number of nitrogens with zero attached hydrogens (tertiary/aromatic N) is 1. The zero-order chi connectivity index (χ0) is 18.0. The van der Waals surface area contributed by atoms with Crippen molar-refractivity contribution < 1.29 is 14.3 Å². The van der Waals surface area contributed by atoms with E-state index in [4.69, 9.17) is 4.74 Å². The summed E-state index contributed by atoms with van der Waals surface area (Å²) in [5.41, 5.74) is 2.58. The van der Waals surface area contributed by atoms with E-state index in [1.165, 1.54) is 0 Å². The fourth-order valence-electron chi connectivity index (χ4n) is 3.96. The van der Waals surface area contributed by atoms with Crippen LogP contribution < -0.4 is 0 Å². The number of hydrogen-bond donors (Lipinski definition) is 0. The average Bonchev–Trinajstić information content (AvgIpc) is 2.92. The van der Waals surface area contributed by atoms with Crippen LogP contribution in [0.25, 0.3) is 0 Å². The zero-order valence-electron chi connectivity index (χ0n) is 15.3. The van der Waals surface area contributed by atoms with E-state index < -0.39 is 0 Å². The van der Waals surface area contributed by atoms with Crippen LogP contribution in [0.2, 0.25) is 0 Å². The van der Waals surface area contributed by atoms with Gasteiger partial charge in [-0.05, 0) is 36.3 Å². The molecule has 0 N–H and O–H groups in total. The quantitative estimate of drug-likeness (QED) is 0.555. The van der Waals surface area contributed by atoms with Crippen LogP contribution in [0.3, 0.4) is 0 Å². The number of amides is 1. The molecular weight excluding hydrogens is 314 g/mol. The molecule has 0 aromatic heterocycles. The Morgan fingerprint density at radius 1 is 1.28 bits per heavy atom. The Morgan fingerprint density at radius 3 is 2.64 bits per heavy atom. The van der Waals surface area contributed by atoms with Gasteiger partial charge in [-0.15, -0.1) is 0 Å². The molecule has 2 atom stereocenters. The smallest absolute Gasteiger partial charge is 0.355 e. The van der Waals surface area contributed by atoms with Crippen LogP contribution in [0.15, 0.2) is 41.6 Å². The number of ether oxygens (including phenoxy) is 1. The summed E-state index contributed by atoms with van der Waals surface area (Å²) in [5.74, 6) is 0.0723. The third-order valence-corrected chi connectivity index (χ3v) is 5.26. The molecule has 2 unspecified atom stereocenters. The molecule has 4 nitrogen and oxygen atoms in total. The molecule has 2 aliphatic heterocycles. The number of unbranched alkanes of at least 4 members (excludes halogenated alkanes) is 1. The lowest BCUT2D eigenvalue weighted by molar-refractivity contribution is -0.159. The van der Waals surface area contributed by atoms with Crippen LogP contribution in [-0.4, -0.2) is 22.8 Å². The third kappa shape index (κ3) is 3.35. The van der Waals surface area contributed by atoms with Gasteiger partial charge in [0.05, 0.1) is 12.0 Å². The average molecular weight is 341 g/mol. The molecule has 2 aliphatic rings. The fraction of sp³-hybridized carbons (Fsp3) is 0.524. The van der Waals surface area contributed by atoms with Gasteiger partial charge in [0.1, 0.15) is 12.3 Å². The first-order chi connectivity index (χ1) is 12.0. The topological polar surface area (TPSA) is 46.6 Å². The molecule has 0 radical (unpaired) electrons. The van der Waals surface area contributed by atoms with E-state index in [1.54, 1.807) is 4.90 Å². The molecule has 1 fully saturated rings. The van der Waals surface area contributed by atoms with Crippen LogP contribution in [0.4, 0.5) is 0 Å². The number of fused-ring (bicyclic) bond motifs is 1. The molecule has 0 bridgehead atoms. The number of hydrogen-bond acceptors (Lipinski definition) is 3. The van der Waals surface area contributed by atoms with Gasteiger partial charge in [0.25, 0.3) is 0 Å². The number of carbonyl (C=O) groups is 2. The Morgan fingerprint density at radius 2 is 2.00 bits per heavy atom. The second-order valence-corrected chi connectivity index (χ2v) is 7.37. The maximum atomic E-state index is 12.7. The van der Waals surface area contributed by atoms with Gasteiger partial charge in [-0.2, -0.15) is 0 Å². The lowest BCUT2D eigenvalue weighted by Crippen LogP contribution is -2.60. The molecule has 0 aliphatic carbocycles. The molecule has 4 heteroatoms. The second-order valence-electron chi connectivity index (χ2n) is 7.37. The van der Waals surface area contributed by atoms with Crippen LogP contribution in [0.1, 0.15) is 52.0 Å². The standard InChI is InChI=1S/C21H27NO3/c1-4-5-11-16-12-17-18(14(2)3)20(23)22(17)19(16)21(24)25-13-15-9-7-6-8-10-15/h6-10,14,17-18H,4-5,11-13H2,1-3H3. The van der Waals surface area contributed by atoms with E-state index in [0.29, 0.717) is 11.6 Å². The molecule has 2 heterocycles. The highest BCUT2D eigenvalue weighted by Crippen LogP contribution is 2.46. The molecule has 1 amide bonds. The first kappa shape index (κ1) is 17.7. The molecule has 0 saturated carbocycles. The zero-order valence-corrected chi connectivity index (χ0v) is 15.3. The van der Waals surface area contributed by atoms with E-state index in [2.05, 4.69) is 20.8 Å². The number of β-lactam (4-membered cyclic amide) rings is 1. The minimum atomic E-state index is -0.354. The van der Waals surface area contributed by atoms with E-state index >= 15 is 0 Å². The Balaban J connectivity index is 1.75. The highest BCUT2D eigenvalue weighted by molar-refractivity contribution is 6.00. The summed E-state index contributed by atoms with van der Waals surface area (Å²) in [7, 11) is 0. The Kier molecular flexibility index (Phi) is 5.26. The molecule has 25 heavy (non-hydrogen) atoms. The van der Waals surface area contributed by atoms with Crippen molar-refractivity contribution in [3.05, 3.63) is 47.2 Å². The Labute approximate surface area is 149 Å². The summed E-state index contributed by atoms with van der Waals surface area (Å²) in [4.78, 5) is 27.0. The lowest BCUT2D eigenvalue weighted by Gasteiger charge is -2.45. The van der Waals surface area contributed by atoms with E-state index in [1.807, 2.05) is 30.3 Å². The maximum absolute atomic E-state index is 12.7. The Hall–Kier alpha value is -2.10. The molecule has 3 rings (SSSR count). The molecule has 0 spiro atoms. The predicted octanol–water partition coefficient (Wildman–Crippen LogP) is 4.06. The van der Waals surface area contributed by atoms with Gasteiger partial charge in [0.15, 0.2) is 0 Å². The minimum absolute atomic E-state index is 0.0380. The number of benzene rings is 1. The summed E-state index contributed by atoms with van der Waals surface area (Å²) >= 11 is 0. The monoisotopic (exact) mass is 341 g/mol. The first-order valence-corrected chi connectivity index (χ1v) is 9.30. The van der Waals surface area contributed by atoms with E-state index in [-0.39, 0.29) is 30.4 Å². The lowest BCUT2D eigenvalue weighted by atomic mass is 9.78. The minimum Gasteiger partial charge on any atom is -0.456 e. The number of carbonyl (C=O) groups excluding carboxylic acids is 2. The summed E-state index contributed by atoms with van der Waals surface area (Å²) in [5, 5.41) is 0. The highest BCUT2D eigenvalue weighted by atomic mass is 16.5. The van der Waals surface area contributed by atoms with Crippen molar-refractivity contribution in [3.8, 4) is 0 Å². The van der Waals surface area contributed by atoms with Crippen molar-refractivity contribution >= 4 is 11.9 Å². The van der Waals surface area contributed by atoms with Crippen LogP contribution in [0.5, 0.6) is 0 Å². The summed E-state index contributed by atoms with van der Waals surface area (Å²) < 4.78 is 5.53. The van der Waals surface area contributed by atoms with Crippen molar-refractivity contribution in [2.75, 3.05) is 0 Å². The van der Waals surface area contributed by atoms with Crippen molar-refractivity contribution in [1.29, 1.82) is 0 Å². The summed E-state index contributed by atoms with van der Waals surface area (Å²) in [6.07, 6.45) is 3.80. The molecular formula is C21H27NO3. The first-order valence-electron chi connectivity index (χ1n) is 9.30. The number of esters is 1. The molecule has 1 aromatic carbocycles. The summed E-state index contributed by atoms with van der Waals surface area (Å²) in [6.45, 7) is 6.54. The maximum Gasteiger partial charge on any atom is 0.355 e. The highest BCUT2D eigenvalue weighted by Gasteiger charge is 2.55. The SMILES string of the molecule is CCCCC1=C(C(=O)OCc2ccccc2)N2C(=O)C(C(C)C)C2C1. The third-order valence-electron chi connectivity index (χ3n) is 5.26. The van der Waals surface area contributed by atoms with Crippen molar-refractivity contribution in [3.63, 3.8) is 0 Å². The van der Waals surface area contributed by atoms with Gasteiger partial charge in [-0.1, -0.05) is 57.5 Å². The van der Waals surface area contributed by atoms with Crippen molar-refractivity contribution in [2.45, 2.75) is 59.1 Å². The predicted molar refractivity (Wildman–Crippen MR) is 96.4 cm³/mol. The van der Waals surface area contributed by atoms with Gasteiger partial charge >= 0.3 is 5.97 Å². The fourth-order valence-corrected chi connectivity index (χ4v) is 3.96. The Bertz CT molecular complexity index is 678. The second kappa shape index (κ2) is 7.42. The van der Waals surface area contributed by atoms with Crippen LogP contribution in [0, 0.1) is 11.8 Å². The normalized spacial score (nSPS) is 22.2. The number of rotatable bonds is 7. The summed E-state index contributed by atoms with van der Waals surface area (Å²) in [6, 6.07) is 9.79. The van der Waals surface area contributed by atoms with Crippen molar-refractivity contribution in [2.24, 2.45) is 11.8 Å². The largest absolute Gasteiger partial charge is 0.456 e. The van der Waals surface area contributed by atoms with Gasteiger partial charge in [-0.3, -0.25) is 4.79 Å². The van der Waals surface area contributed by atoms with Crippen molar-refractivity contribution in [1.82, 2.24) is 4.90 Å². The molecule has 1 aromatic rings. The van der Waals surface area contributed by atoms with Gasteiger partial charge in [0.2, 0.25) is 5.91 Å². The van der Waals surface area contributed by atoms with Crippen LogP contribution in [-0.2, 0) is 20.9 Å². The van der Waals surface area contributed by atoms with Gasteiger partial charge in [0, 0.05) is 0 Å². The van der Waals surface area contributed by atoms with E-state index in [9.17, 15) is 9.59 Å². The molecule has 1 saturated heterocycles. The van der Waals surface area contributed by atoms with E-state index in [0.717, 1.165) is 36.8 Å². The van der Waals surface area contributed by atoms with Gasteiger partial charge in [-0.25, -0.2) is 4.79 Å².